The van der Waals surface area contributed by atoms with Gasteiger partial charge in [-0.15, -0.1) is 0 Å². The van der Waals surface area contributed by atoms with Crippen LogP contribution in [-0.4, -0.2) is 39.5 Å². The lowest BCUT2D eigenvalue weighted by Crippen LogP contribution is -2.64. The van der Waals surface area contributed by atoms with E-state index in [2.05, 4.69) is 5.10 Å². The smallest absolute Gasteiger partial charge is 0.419 e. The van der Waals surface area contributed by atoms with E-state index in [1.165, 1.54) is 4.90 Å². The molecule has 0 aromatic carbocycles. The summed E-state index contributed by atoms with van der Waals surface area (Å²) in [6, 6.07) is 1.94. The maximum atomic E-state index is 12.7. The first-order valence-electron chi connectivity index (χ1n) is 6.94. The number of hydrogen-bond donors (Lipinski definition) is 0. The van der Waals surface area contributed by atoms with Crippen molar-refractivity contribution in [2.45, 2.75) is 44.5 Å². The van der Waals surface area contributed by atoms with E-state index in [9.17, 15) is 18.0 Å². The molecule has 0 unspecified atom stereocenters. The predicted octanol–water partition coefficient (Wildman–Crippen LogP) is 2.76. The third kappa shape index (κ3) is 3.57. The Morgan fingerprint density at radius 2 is 2.04 bits per heavy atom. The quantitative estimate of drug-likeness (QED) is 0.836. The highest BCUT2D eigenvalue weighted by atomic mass is 19.4. The van der Waals surface area contributed by atoms with Crippen molar-refractivity contribution >= 4 is 6.09 Å². The van der Waals surface area contributed by atoms with E-state index in [4.69, 9.17) is 10.00 Å². The highest BCUT2D eigenvalue weighted by Crippen LogP contribution is 2.35. The van der Waals surface area contributed by atoms with Crippen molar-refractivity contribution in [3.63, 3.8) is 0 Å². The maximum Gasteiger partial charge on any atom is 0.419 e. The number of ether oxygens (including phenoxy) is 1. The first-order chi connectivity index (χ1) is 10.5. The Labute approximate surface area is 131 Å². The van der Waals surface area contributed by atoms with Crippen LogP contribution in [-0.2, 0) is 16.5 Å². The second kappa shape index (κ2) is 5.44. The van der Waals surface area contributed by atoms with Gasteiger partial charge in [0.15, 0.2) is 0 Å². The van der Waals surface area contributed by atoms with Gasteiger partial charge in [-0.25, -0.2) is 4.79 Å². The highest BCUT2D eigenvalue weighted by Gasteiger charge is 2.49. The number of amides is 1. The van der Waals surface area contributed by atoms with Crippen molar-refractivity contribution in [2.75, 3.05) is 13.1 Å². The predicted molar refractivity (Wildman–Crippen MR) is 73.2 cm³/mol. The van der Waals surface area contributed by atoms with Crippen LogP contribution >= 0.6 is 0 Å². The van der Waals surface area contributed by atoms with Gasteiger partial charge in [0.1, 0.15) is 11.1 Å². The zero-order chi connectivity index (χ0) is 17.5. The first-order valence-corrected chi connectivity index (χ1v) is 6.94. The fourth-order valence-electron chi connectivity index (χ4n) is 2.33. The molecule has 6 nitrogen and oxygen atoms in total. The van der Waals surface area contributed by atoms with Crippen molar-refractivity contribution in [2.24, 2.45) is 0 Å². The van der Waals surface area contributed by atoms with E-state index < -0.39 is 29.0 Å². The third-order valence-corrected chi connectivity index (χ3v) is 3.43. The van der Waals surface area contributed by atoms with E-state index in [-0.39, 0.29) is 19.5 Å². The summed E-state index contributed by atoms with van der Waals surface area (Å²) in [5, 5.41) is 12.7. The van der Waals surface area contributed by atoms with Gasteiger partial charge in [0.05, 0.1) is 37.3 Å². The number of carbonyl (C=O) groups is 1. The molecule has 23 heavy (non-hydrogen) atoms. The van der Waals surface area contributed by atoms with E-state index >= 15 is 0 Å². The van der Waals surface area contributed by atoms with Crippen LogP contribution in [0.2, 0.25) is 0 Å². The molecule has 0 atom stereocenters. The molecule has 1 aromatic heterocycles. The van der Waals surface area contributed by atoms with Crippen molar-refractivity contribution in [1.82, 2.24) is 14.7 Å². The lowest BCUT2D eigenvalue weighted by atomic mass is 9.87. The molecule has 0 aliphatic carbocycles. The summed E-state index contributed by atoms with van der Waals surface area (Å²) in [5.41, 5.74) is -2.50. The van der Waals surface area contributed by atoms with Crippen molar-refractivity contribution in [1.29, 1.82) is 5.26 Å². The van der Waals surface area contributed by atoms with Crippen LogP contribution in [0.4, 0.5) is 18.0 Å². The molecule has 1 fully saturated rings. The van der Waals surface area contributed by atoms with Crippen LogP contribution in [0.1, 0.15) is 32.8 Å². The number of rotatable bonds is 2. The Bertz CT molecular complexity index is 634. The molecule has 9 heteroatoms. The van der Waals surface area contributed by atoms with Gasteiger partial charge in [-0.2, -0.15) is 23.5 Å². The zero-order valence-electron chi connectivity index (χ0n) is 13.0. The Balaban J connectivity index is 2.14. The standard InChI is InChI=1S/C14H17F3N4O2/c1-12(2,3)23-11(22)20-8-13(9-20,4-5-18)21-7-10(6-19-21)14(15,16)17/h6-7H,4,8-9H2,1-3H3. The van der Waals surface area contributed by atoms with Gasteiger partial charge in [-0.1, -0.05) is 0 Å². The molecule has 0 N–H and O–H groups in total. The van der Waals surface area contributed by atoms with Crippen molar-refractivity contribution in [3.05, 3.63) is 18.0 Å². The van der Waals surface area contributed by atoms with Crippen LogP contribution in [0, 0.1) is 11.3 Å². The van der Waals surface area contributed by atoms with Gasteiger partial charge in [0, 0.05) is 6.20 Å². The van der Waals surface area contributed by atoms with Gasteiger partial charge < -0.3 is 9.64 Å². The Kier molecular flexibility index (Phi) is 4.05. The molecule has 1 aliphatic rings. The number of hydrogen-bond acceptors (Lipinski definition) is 4. The molecule has 126 valence electrons. The molecule has 1 aliphatic heterocycles. The van der Waals surface area contributed by atoms with E-state index in [1.54, 1.807) is 20.8 Å². The van der Waals surface area contributed by atoms with Gasteiger partial charge in [-0.05, 0) is 20.8 Å². The molecule has 1 amide bonds. The summed E-state index contributed by atoms with van der Waals surface area (Å²) in [6.07, 6.45) is -3.53. The average molecular weight is 330 g/mol. The maximum absolute atomic E-state index is 12.7. The fraction of sp³-hybridized carbons (Fsp3) is 0.643. The number of aromatic nitrogens is 2. The average Bonchev–Trinajstić information content (AvgIpc) is 2.80. The number of nitriles is 1. The molecule has 0 saturated carbocycles. The summed E-state index contributed by atoms with van der Waals surface area (Å²) < 4.78 is 44.4. The SMILES string of the molecule is CC(C)(C)OC(=O)N1CC(CC#N)(n2cc(C(F)(F)F)cn2)C1. The Hall–Kier alpha value is -2.24. The van der Waals surface area contributed by atoms with Crippen LogP contribution < -0.4 is 0 Å². The van der Waals surface area contributed by atoms with Crippen LogP contribution in [0.25, 0.3) is 0 Å². The van der Waals surface area contributed by atoms with Crippen molar-refractivity contribution in [3.8, 4) is 6.07 Å². The molecule has 2 heterocycles. The van der Waals surface area contributed by atoms with E-state index in [0.29, 0.717) is 0 Å². The van der Waals surface area contributed by atoms with Gasteiger partial charge in [-0.3, -0.25) is 4.68 Å². The number of halogens is 3. The topological polar surface area (TPSA) is 71.2 Å². The molecular formula is C14H17F3N4O2. The molecule has 2 rings (SSSR count). The normalized spacial score (nSPS) is 17.3. The number of likely N-dealkylation sites (tertiary alicyclic amines) is 1. The monoisotopic (exact) mass is 330 g/mol. The molecule has 0 spiro atoms. The first kappa shape index (κ1) is 17.1. The van der Waals surface area contributed by atoms with Crippen LogP contribution in [0.5, 0.6) is 0 Å². The molecular weight excluding hydrogens is 313 g/mol. The Morgan fingerprint density at radius 1 is 1.43 bits per heavy atom. The minimum atomic E-state index is -4.50. The summed E-state index contributed by atoms with van der Waals surface area (Å²) >= 11 is 0. The molecule has 1 saturated heterocycles. The minimum Gasteiger partial charge on any atom is -0.444 e. The van der Waals surface area contributed by atoms with Crippen molar-refractivity contribution < 1.29 is 22.7 Å². The fourth-order valence-corrected chi connectivity index (χ4v) is 2.33. The lowest BCUT2D eigenvalue weighted by molar-refractivity contribution is -0.137. The molecule has 0 bridgehead atoms. The second-order valence-electron chi connectivity index (χ2n) is 6.57. The van der Waals surface area contributed by atoms with Crippen LogP contribution in [0.15, 0.2) is 12.4 Å². The number of alkyl halides is 3. The number of nitrogens with zero attached hydrogens (tertiary/aromatic N) is 4. The number of carbonyl (C=O) groups excluding carboxylic acids is 1. The summed E-state index contributed by atoms with van der Waals surface area (Å²) in [4.78, 5) is 13.3. The molecule has 0 radical (unpaired) electrons. The van der Waals surface area contributed by atoms with Gasteiger partial charge in [0.25, 0.3) is 0 Å². The summed E-state index contributed by atoms with van der Waals surface area (Å²) in [6.45, 7) is 5.31. The van der Waals surface area contributed by atoms with Gasteiger partial charge in [0.2, 0.25) is 0 Å². The van der Waals surface area contributed by atoms with Gasteiger partial charge >= 0.3 is 12.3 Å². The Morgan fingerprint density at radius 3 is 2.48 bits per heavy atom. The molecule has 1 aromatic rings. The largest absolute Gasteiger partial charge is 0.444 e. The summed E-state index contributed by atoms with van der Waals surface area (Å²) in [7, 11) is 0. The van der Waals surface area contributed by atoms with Crippen LogP contribution in [0.3, 0.4) is 0 Å². The summed E-state index contributed by atoms with van der Waals surface area (Å²) in [5.74, 6) is 0. The third-order valence-electron chi connectivity index (χ3n) is 3.43. The van der Waals surface area contributed by atoms with E-state index in [0.717, 1.165) is 17.1 Å². The lowest BCUT2D eigenvalue weighted by Gasteiger charge is -2.48. The van der Waals surface area contributed by atoms with E-state index in [1.807, 2.05) is 6.07 Å². The second-order valence-corrected chi connectivity index (χ2v) is 6.57. The minimum absolute atomic E-state index is 0.0503. The zero-order valence-corrected chi connectivity index (χ0v) is 13.0. The highest BCUT2D eigenvalue weighted by molar-refractivity contribution is 5.69.